The molecule has 154 valence electrons. The first-order chi connectivity index (χ1) is 13.8. The second-order valence-corrected chi connectivity index (χ2v) is 7.77. The Balaban J connectivity index is 1.69. The number of nitrogens with two attached hydrogens (primary N) is 1. The van der Waals surface area contributed by atoms with Crippen molar-refractivity contribution in [2.75, 3.05) is 0 Å². The number of hydrogen-bond acceptors (Lipinski definition) is 6. The highest BCUT2D eigenvalue weighted by atomic mass is 32.1. The summed E-state index contributed by atoms with van der Waals surface area (Å²) in [7, 11) is 0. The third-order valence-corrected chi connectivity index (χ3v) is 5.85. The Labute approximate surface area is 166 Å². The Morgan fingerprint density at radius 3 is 2.93 bits per heavy atom. The first-order valence-electron chi connectivity index (χ1n) is 8.80. The van der Waals surface area contributed by atoms with Gasteiger partial charge in [0.25, 0.3) is 18.3 Å². The van der Waals surface area contributed by atoms with Crippen LogP contribution in [-0.4, -0.2) is 43.5 Å². The number of amides is 1. The van der Waals surface area contributed by atoms with Gasteiger partial charge in [0.15, 0.2) is 10.7 Å². The molecule has 0 aromatic carbocycles. The fraction of sp³-hybridized carbons (Fsp3) is 0.412. The van der Waals surface area contributed by atoms with E-state index in [0.717, 1.165) is 0 Å². The van der Waals surface area contributed by atoms with Gasteiger partial charge in [-0.05, 0) is 25.0 Å². The Bertz CT molecular complexity index is 1050. The molecule has 2 atom stereocenters. The summed E-state index contributed by atoms with van der Waals surface area (Å²) in [4.78, 5) is 20.1. The molecule has 0 bridgehead atoms. The van der Waals surface area contributed by atoms with E-state index >= 15 is 0 Å². The summed E-state index contributed by atoms with van der Waals surface area (Å²) in [5, 5.41) is 5.89. The second kappa shape index (κ2) is 7.34. The molecular weight excluding hydrogens is 412 g/mol. The summed E-state index contributed by atoms with van der Waals surface area (Å²) >= 11 is 0.445. The van der Waals surface area contributed by atoms with E-state index < -0.39 is 41.6 Å². The number of rotatable bonds is 4. The van der Waals surface area contributed by atoms with Crippen LogP contribution in [0.15, 0.2) is 24.5 Å². The number of carbonyl (C=O) groups is 1. The van der Waals surface area contributed by atoms with E-state index in [1.807, 2.05) is 0 Å². The standard InChI is InChI=1S/C17H16F4N6OS/c18-14(19)12-11(9-7-23-10-4-2-6-24-27(9)10)25-16(29-12)15(28)26-13-8(22)3-1-5-17(13,20)21/h2,4,6-8,13-14H,1,3,5,22H2,(H,26,28). The zero-order valence-electron chi connectivity index (χ0n) is 14.9. The van der Waals surface area contributed by atoms with Crippen molar-refractivity contribution >= 4 is 22.9 Å². The van der Waals surface area contributed by atoms with Crippen LogP contribution in [0.2, 0.25) is 0 Å². The van der Waals surface area contributed by atoms with Crippen LogP contribution in [-0.2, 0) is 0 Å². The van der Waals surface area contributed by atoms with Gasteiger partial charge in [0.05, 0.1) is 6.20 Å². The van der Waals surface area contributed by atoms with Crippen LogP contribution in [0.1, 0.15) is 40.4 Å². The van der Waals surface area contributed by atoms with Crippen molar-refractivity contribution in [1.82, 2.24) is 24.9 Å². The number of carbonyl (C=O) groups excluding carboxylic acids is 1. The van der Waals surface area contributed by atoms with Crippen LogP contribution >= 0.6 is 11.3 Å². The van der Waals surface area contributed by atoms with Gasteiger partial charge in [0, 0.05) is 18.7 Å². The lowest BCUT2D eigenvalue weighted by atomic mass is 9.87. The lowest BCUT2D eigenvalue weighted by Crippen LogP contribution is -2.59. The highest BCUT2D eigenvalue weighted by Crippen LogP contribution is 2.37. The summed E-state index contributed by atoms with van der Waals surface area (Å²) in [5.74, 6) is -4.14. The van der Waals surface area contributed by atoms with Gasteiger partial charge in [-0.3, -0.25) is 4.79 Å². The molecule has 2 unspecified atom stereocenters. The minimum Gasteiger partial charge on any atom is -0.340 e. The molecule has 0 spiro atoms. The molecule has 3 heterocycles. The maximum atomic E-state index is 14.2. The third-order valence-electron chi connectivity index (χ3n) is 4.78. The molecule has 3 aromatic rings. The van der Waals surface area contributed by atoms with Crippen molar-refractivity contribution in [2.24, 2.45) is 5.73 Å². The molecule has 0 radical (unpaired) electrons. The number of halogens is 4. The number of nitrogens with zero attached hydrogens (tertiary/aromatic N) is 4. The number of thiazole rings is 1. The quantitative estimate of drug-likeness (QED) is 0.623. The SMILES string of the molecule is NC1CCCC(F)(F)C1NC(=O)c1nc(-c2cnc3cccnn23)c(C(F)F)s1. The summed E-state index contributed by atoms with van der Waals surface area (Å²) in [5.41, 5.74) is 6.17. The predicted molar refractivity (Wildman–Crippen MR) is 97.1 cm³/mol. The van der Waals surface area contributed by atoms with Gasteiger partial charge in [-0.1, -0.05) is 0 Å². The number of imidazole rings is 1. The predicted octanol–water partition coefficient (Wildman–Crippen LogP) is 3.04. The lowest BCUT2D eigenvalue weighted by molar-refractivity contribution is -0.0674. The van der Waals surface area contributed by atoms with Crippen LogP contribution in [0, 0.1) is 0 Å². The summed E-state index contributed by atoms with van der Waals surface area (Å²) < 4.78 is 56.8. The number of hydrogen-bond donors (Lipinski definition) is 2. The summed E-state index contributed by atoms with van der Waals surface area (Å²) in [6.07, 6.45) is 0.0303. The van der Waals surface area contributed by atoms with E-state index in [-0.39, 0.29) is 22.8 Å². The first kappa shape index (κ1) is 19.7. The molecule has 7 nitrogen and oxygen atoms in total. The van der Waals surface area contributed by atoms with E-state index in [9.17, 15) is 22.4 Å². The fourth-order valence-electron chi connectivity index (χ4n) is 3.38. The minimum absolute atomic E-state index is 0.166. The van der Waals surface area contributed by atoms with E-state index in [2.05, 4.69) is 20.4 Å². The number of alkyl halides is 4. The van der Waals surface area contributed by atoms with Gasteiger partial charge in [-0.15, -0.1) is 11.3 Å². The van der Waals surface area contributed by atoms with Crippen molar-refractivity contribution in [3.63, 3.8) is 0 Å². The van der Waals surface area contributed by atoms with E-state index in [1.54, 1.807) is 12.1 Å². The van der Waals surface area contributed by atoms with Gasteiger partial charge in [-0.2, -0.15) is 5.10 Å². The van der Waals surface area contributed by atoms with Crippen LogP contribution in [0.5, 0.6) is 0 Å². The fourth-order valence-corrected chi connectivity index (χ4v) is 4.21. The molecule has 1 aliphatic carbocycles. The lowest BCUT2D eigenvalue weighted by Gasteiger charge is -2.36. The maximum absolute atomic E-state index is 14.2. The Hall–Kier alpha value is -2.60. The number of aromatic nitrogens is 4. The molecule has 12 heteroatoms. The van der Waals surface area contributed by atoms with Crippen molar-refractivity contribution in [1.29, 1.82) is 0 Å². The average Bonchev–Trinajstić information content (AvgIpc) is 3.28. The van der Waals surface area contributed by atoms with Crippen LogP contribution in [0.25, 0.3) is 17.0 Å². The van der Waals surface area contributed by atoms with Gasteiger partial charge in [0.2, 0.25) is 0 Å². The molecule has 1 saturated carbocycles. The molecule has 3 N–H and O–H groups in total. The summed E-state index contributed by atoms with van der Waals surface area (Å²) in [6.45, 7) is 0. The average molecular weight is 428 g/mol. The Kier molecular flexibility index (Phi) is 4.99. The van der Waals surface area contributed by atoms with Crippen molar-refractivity contribution in [2.45, 2.75) is 43.7 Å². The van der Waals surface area contributed by atoms with Crippen LogP contribution < -0.4 is 11.1 Å². The van der Waals surface area contributed by atoms with E-state index in [1.165, 1.54) is 16.9 Å². The smallest absolute Gasteiger partial charge is 0.280 e. The minimum atomic E-state index is -3.18. The van der Waals surface area contributed by atoms with E-state index in [0.29, 0.717) is 23.4 Å². The molecule has 0 aliphatic heterocycles. The number of nitrogens with one attached hydrogen (secondary N) is 1. The largest absolute Gasteiger partial charge is 0.340 e. The Morgan fingerprint density at radius 2 is 2.21 bits per heavy atom. The first-order valence-corrected chi connectivity index (χ1v) is 9.62. The Morgan fingerprint density at radius 1 is 1.41 bits per heavy atom. The second-order valence-electron chi connectivity index (χ2n) is 6.74. The highest BCUT2D eigenvalue weighted by Gasteiger charge is 2.47. The van der Waals surface area contributed by atoms with Crippen molar-refractivity contribution in [3.05, 3.63) is 34.4 Å². The van der Waals surface area contributed by atoms with Crippen LogP contribution in [0.3, 0.4) is 0 Å². The zero-order valence-corrected chi connectivity index (χ0v) is 15.7. The van der Waals surface area contributed by atoms with Gasteiger partial charge < -0.3 is 11.1 Å². The number of fused-ring (bicyclic) bond motifs is 1. The zero-order chi connectivity index (χ0) is 20.8. The topological polar surface area (TPSA) is 98.2 Å². The van der Waals surface area contributed by atoms with E-state index in [4.69, 9.17) is 5.73 Å². The third kappa shape index (κ3) is 3.57. The summed E-state index contributed by atoms with van der Waals surface area (Å²) in [6, 6.07) is 0.752. The molecule has 1 aliphatic rings. The van der Waals surface area contributed by atoms with Gasteiger partial charge in [-0.25, -0.2) is 32.0 Å². The van der Waals surface area contributed by atoms with Crippen molar-refractivity contribution < 1.29 is 22.4 Å². The van der Waals surface area contributed by atoms with Gasteiger partial charge in [0.1, 0.15) is 22.3 Å². The molecule has 4 rings (SSSR count). The van der Waals surface area contributed by atoms with Gasteiger partial charge >= 0.3 is 0 Å². The monoisotopic (exact) mass is 428 g/mol. The molecule has 29 heavy (non-hydrogen) atoms. The molecule has 1 amide bonds. The molecular formula is C17H16F4N6OS. The van der Waals surface area contributed by atoms with Crippen LogP contribution in [0.4, 0.5) is 17.6 Å². The molecule has 0 saturated heterocycles. The molecule has 3 aromatic heterocycles. The molecule has 1 fully saturated rings. The maximum Gasteiger partial charge on any atom is 0.280 e. The normalized spacial score (nSPS) is 21.6. The van der Waals surface area contributed by atoms with Crippen molar-refractivity contribution in [3.8, 4) is 11.4 Å². The highest BCUT2D eigenvalue weighted by molar-refractivity contribution is 7.14.